The second kappa shape index (κ2) is 6.80. The molecule has 3 rings (SSSR count). The van der Waals surface area contributed by atoms with Gasteiger partial charge in [-0.1, -0.05) is 24.3 Å². The molecule has 0 spiro atoms. The molecule has 1 aliphatic rings. The maximum atomic E-state index is 12.3. The Kier molecular flexibility index (Phi) is 4.59. The highest BCUT2D eigenvalue weighted by atomic mass is 32.2. The van der Waals surface area contributed by atoms with Gasteiger partial charge in [-0.25, -0.2) is 0 Å². The summed E-state index contributed by atoms with van der Waals surface area (Å²) in [7, 11) is 0. The van der Waals surface area contributed by atoms with E-state index < -0.39 is 17.1 Å². The van der Waals surface area contributed by atoms with Gasteiger partial charge in [0.2, 0.25) is 5.91 Å². The highest BCUT2D eigenvalue weighted by molar-refractivity contribution is 8.18. The van der Waals surface area contributed by atoms with Gasteiger partial charge in [0.1, 0.15) is 6.54 Å². The normalized spacial score (nSPS) is 16.2. The van der Waals surface area contributed by atoms with Crippen LogP contribution >= 0.6 is 23.1 Å². The molecular weight excluding hydrogens is 332 g/mol. The first-order chi connectivity index (χ1) is 11.1. The van der Waals surface area contributed by atoms with Crippen molar-refractivity contribution in [2.24, 2.45) is 0 Å². The average molecular weight is 344 g/mol. The Hall–Kier alpha value is -2.38. The number of thiophene rings is 1. The van der Waals surface area contributed by atoms with Gasteiger partial charge in [-0.05, 0) is 41.4 Å². The largest absolute Gasteiger partial charge is 0.325 e. The van der Waals surface area contributed by atoms with Crippen LogP contribution in [-0.4, -0.2) is 28.5 Å². The molecule has 5 nitrogen and oxygen atoms in total. The van der Waals surface area contributed by atoms with Crippen LogP contribution in [0.25, 0.3) is 6.08 Å². The van der Waals surface area contributed by atoms with Crippen LogP contribution < -0.4 is 5.32 Å². The van der Waals surface area contributed by atoms with E-state index in [9.17, 15) is 14.4 Å². The molecule has 7 heteroatoms. The molecule has 2 heterocycles. The predicted octanol–water partition coefficient (Wildman–Crippen LogP) is 3.42. The molecule has 23 heavy (non-hydrogen) atoms. The van der Waals surface area contributed by atoms with E-state index in [1.165, 1.54) is 11.3 Å². The maximum absolute atomic E-state index is 12.3. The van der Waals surface area contributed by atoms with Gasteiger partial charge >= 0.3 is 0 Å². The van der Waals surface area contributed by atoms with Crippen LogP contribution in [0.5, 0.6) is 0 Å². The van der Waals surface area contributed by atoms with Crippen molar-refractivity contribution < 1.29 is 14.4 Å². The summed E-state index contributed by atoms with van der Waals surface area (Å²) in [4.78, 5) is 38.4. The first-order valence-corrected chi connectivity index (χ1v) is 8.47. The van der Waals surface area contributed by atoms with E-state index in [1.54, 1.807) is 30.3 Å². The molecule has 0 aliphatic carbocycles. The monoisotopic (exact) mass is 344 g/mol. The highest BCUT2D eigenvalue weighted by Crippen LogP contribution is 2.32. The Morgan fingerprint density at radius 3 is 2.61 bits per heavy atom. The summed E-state index contributed by atoms with van der Waals surface area (Å²) in [5.74, 6) is -0.840. The second-order valence-electron chi connectivity index (χ2n) is 4.70. The van der Waals surface area contributed by atoms with Gasteiger partial charge in [0.25, 0.3) is 11.1 Å². The van der Waals surface area contributed by atoms with Gasteiger partial charge in [-0.2, -0.15) is 0 Å². The molecule has 2 aromatic rings. The third kappa shape index (κ3) is 3.69. The Morgan fingerprint density at radius 1 is 1.13 bits per heavy atom. The number of anilines is 1. The number of imide groups is 1. The number of thioether (sulfide) groups is 1. The van der Waals surface area contributed by atoms with Crippen molar-refractivity contribution in [2.75, 3.05) is 11.9 Å². The lowest BCUT2D eigenvalue weighted by atomic mass is 10.3. The maximum Gasteiger partial charge on any atom is 0.294 e. The van der Waals surface area contributed by atoms with E-state index >= 15 is 0 Å². The Balaban J connectivity index is 1.67. The fourth-order valence-corrected chi connectivity index (χ4v) is 3.57. The quantitative estimate of drug-likeness (QED) is 0.863. The minimum absolute atomic E-state index is 0.290. The Morgan fingerprint density at radius 2 is 1.91 bits per heavy atom. The molecule has 116 valence electrons. The molecule has 0 radical (unpaired) electrons. The number of rotatable bonds is 4. The Labute approximate surface area is 141 Å². The van der Waals surface area contributed by atoms with Crippen LogP contribution in [0.1, 0.15) is 4.88 Å². The van der Waals surface area contributed by atoms with Crippen LogP contribution in [0, 0.1) is 0 Å². The van der Waals surface area contributed by atoms with E-state index in [0.29, 0.717) is 10.6 Å². The van der Waals surface area contributed by atoms with E-state index in [0.717, 1.165) is 21.5 Å². The van der Waals surface area contributed by atoms with Crippen molar-refractivity contribution in [3.8, 4) is 0 Å². The summed E-state index contributed by atoms with van der Waals surface area (Å²) in [5.41, 5.74) is 0.624. The number of benzene rings is 1. The SMILES string of the molecule is O=C(CN1C(=O)SC(=Cc2cccs2)C1=O)Nc1ccccc1. The standard InChI is InChI=1S/C16H12N2O3S2/c19-14(17-11-5-2-1-3-6-11)10-18-15(20)13(23-16(18)21)9-12-7-4-8-22-12/h1-9H,10H2,(H,17,19). The summed E-state index contributed by atoms with van der Waals surface area (Å²) in [6.45, 7) is -0.290. The Bertz CT molecular complexity index is 770. The topological polar surface area (TPSA) is 66.5 Å². The molecule has 0 saturated carbocycles. The van der Waals surface area contributed by atoms with E-state index in [2.05, 4.69) is 5.32 Å². The molecule has 1 saturated heterocycles. The van der Waals surface area contributed by atoms with E-state index in [-0.39, 0.29) is 6.54 Å². The van der Waals surface area contributed by atoms with Crippen LogP contribution in [0.15, 0.2) is 52.7 Å². The first-order valence-electron chi connectivity index (χ1n) is 6.77. The van der Waals surface area contributed by atoms with E-state index in [1.807, 2.05) is 23.6 Å². The third-order valence-corrected chi connectivity index (χ3v) is 4.78. The summed E-state index contributed by atoms with van der Waals surface area (Å²) in [6.07, 6.45) is 1.67. The summed E-state index contributed by atoms with van der Waals surface area (Å²) >= 11 is 2.33. The summed E-state index contributed by atoms with van der Waals surface area (Å²) < 4.78 is 0. The average Bonchev–Trinajstić information content (AvgIpc) is 3.13. The predicted molar refractivity (Wildman–Crippen MR) is 92.1 cm³/mol. The van der Waals surface area contributed by atoms with Gasteiger partial charge < -0.3 is 5.32 Å². The smallest absolute Gasteiger partial charge is 0.294 e. The van der Waals surface area contributed by atoms with Crippen LogP contribution in [0.4, 0.5) is 10.5 Å². The van der Waals surface area contributed by atoms with Crippen molar-refractivity contribution in [1.29, 1.82) is 0 Å². The fourth-order valence-electron chi connectivity index (χ4n) is 2.00. The lowest BCUT2D eigenvalue weighted by Crippen LogP contribution is -2.36. The van der Waals surface area contributed by atoms with Gasteiger partial charge in [0, 0.05) is 10.6 Å². The third-order valence-electron chi connectivity index (χ3n) is 3.05. The van der Waals surface area contributed by atoms with Gasteiger partial charge in [0.05, 0.1) is 4.91 Å². The molecule has 1 aromatic heterocycles. The van der Waals surface area contributed by atoms with Crippen molar-refractivity contribution in [1.82, 2.24) is 4.90 Å². The number of hydrogen-bond donors (Lipinski definition) is 1. The lowest BCUT2D eigenvalue weighted by Gasteiger charge is -2.12. The molecule has 3 amide bonds. The molecular formula is C16H12N2O3S2. The molecule has 0 unspecified atom stereocenters. The molecule has 1 fully saturated rings. The van der Waals surface area contributed by atoms with Gasteiger partial charge in [0.15, 0.2) is 0 Å². The molecule has 1 aromatic carbocycles. The van der Waals surface area contributed by atoms with Crippen LogP contribution in [0.3, 0.4) is 0 Å². The second-order valence-corrected chi connectivity index (χ2v) is 6.67. The van der Waals surface area contributed by atoms with Crippen molar-refractivity contribution in [2.45, 2.75) is 0 Å². The number of nitrogens with one attached hydrogen (secondary N) is 1. The molecule has 0 atom stereocenters. The number of carbonyl (C=O) groups is 3. The zero-order valence-corrected chi connectivity index (χ0v) is 13.5. The minimum atomic E-state index is -0.434. The molecule has 1 N–H and O–H groups in total. The number of nitrogens with zero attached hydrogens (tertiary/aromatic N) is 1. The molecule has 1 aliphatic heterocycles. The van der Waals surface area contributed by atoms with Crippen molar-refractivity contribution in [3.05, 3.63) is 57.6 Å². The van der Waals surface area contributed by atoms with Crippen LogP contribution in [-0.2, 0) is 9.59 Å². The first kappa shape index (κ1) is 15.5. The van der Waals surface area contributed by atoms with E-state index in [4.69, 9.17) is 0 Å². The van der Waals surface area contributed by atoms with Gasteiger partial charge in [-0.3, -0.25) is 19.3 Å². The zero-order valence-electron chi connectivity index (χ0n) is 11.9. The van der Waals surface area contributed by atoms with Crippen molar-refractivity contribution >= 4 is 51.9 Å². The molecule has 0 bridgehead atoms. The van der Waals surface area contributed by atoms with Gasteiger partial charge in [-0.15, -0.1) is 11.3 Å². The van der Waals surface area contributed by atoms with Crippen molar-refractivity contribution in [3.63, 3.8) is 0 Å². The number of para-hydroxylation sites is 1. The summed E-state index contributed by atoms with van der Waals surface area (Å²) in [5, 5.41) is 4.12. The lowest BCUT2D eigenvalue weighted by molar-refractivity contribution is -0.127. The minimum Gasteiger partial charge on any atom is -0.325 e. The number of carbonyl (C=O) groups excluding carboxylic acids is 3. The fraction of sp³-hybridized carbons (Fsp3) is 0.0625. The number of hydrogen-bond acceptors (Lipinski definition) is 5. The number of amides is 3. The summed E-state index contributed by atoms with van der Waals surface area (Å²) in [6, 6.07) is 12.6. The zero-order chi connectivity index (χ0) is 16.2. The van der Waals surface area contributed by atoms with Crippen LogP contribution in [0.2, 0.25) is 0 Å². The highest BCUT2D eigenvalue weighted by Gasteiger charge is 2.36.